The Hall–Kier alpha value is -5.55. The second-order valence-electron chi connectivity index (χ2n) is 9.78. The molecule has 5 rings (SSSR count). The van der Waals surface area contributed by atoms with Gasteiger partial charge in [0.2, 0.25) is 11.7 Å². The number of amides is 1. The van der Waals surface area contributed by atoms with E-state index < -0.39 is 0 Å². The van der Waals surface area contributed by atoms with Crippen LogP contribution in [0.1, 0.15) is 15.9 Å². The number of methoxy groups -OCH3 is 4. The van der Waals surface area contributed by atoms with Crippen LogP contribution in [0.5, 0.6) is 23.0 Å². The summed E-state index contributed by atoms with van der Waals surface area (Å²) in [5.74, 6) is 2.53. The number of nitrogens with one attached hydrogen (secondary N) is 1. The third kappa shape index (κ3) is 7.39. The zero-order chi connectivity index (χ0) is 32.5. The van der Waals surface area contributed by atoms with Crippen LogP contribution >= 0.6 is 11.8 Å². The number of hydrogen-bond donors (Lipinski definition) is 1. The van der Waals surface area contributed by atoms with Gasteiger partial charge in [0.15, 0.2) is 28.3 Å². The maximum atomic E-state index is 12.9. The third-order valence-electron chi connectivity index (χ3n) is 6.90. The van der Waals surface area contributed by atoms with Gasteiger partial charge in [0.1, 0.15) is 5.75 Å². The zero-order valence-corrected chi connectivity index (χ0v) is 26.5. The Morgan fingerprint density at radius 3 is 2.09 bits per heavy atom. The molecule has 5 aromatic rings. The van der Waals surface area contributed by atoms with E-state index in [1.54, 1.807) is 49.6 Å². The number of allylic oxidation sites excluding steroid dienone is 1. The molecule has 0 spiro atoms. The van der Waals surface area contributed by atoms with Gasteiger partial charge >= 0.3 is 0 Å². The van der Waals surface area contributed by atoms with Gasteiger partial charge < -0.3 is 24.3 Å². The Bertz CT molecular complexity index is 1810. The minimum absolute atomic E-state index is 0.103. The fourth-order valence-electron chi connectivity index (χ4n) is 4.61. The normalized spacial score (nSPS) is 10.9. The van der Waals surface area contributed by atoms with Crippen molar-refractivity contribution in [1.29, 1.82) is 0 Å². The van der Waals surface area contributed by atoms with Crippen LogP contribution in [0.25, 0.3) is 23.2 Å². The lowest BCUT2D eigenvalue weighted by Gasteiger charge is -2.12. The Kier molecular flexibility index (Phi) is 10.4. The molecule has 234 valence electrons. The average molecular weight is 637 g/mol. The predicted octanol–water partition coefficient (Wildman–Crippen LogP) is 6.60. The van der Waals surface area contributed by atoms with Gasteiger partial charge in [0.25, 0.3) is 0 Å². The van der Waals surface area contributed by atoms with Gasteiger partial charge in [-0.3, -0.25) is 14.2 Å². The van der Waals surface area contributed by atoms with Crippen molar-refractivity contribution in [1.82, 2.24) is 14.8 Å². The van der Waals surface area contributed by atoms with Gasteiger partial charge in [-0.2, -0.15) is 0 Å². The number of benzene rings is 4. The number of thioether (sulfide) groups is 1. The van der Waals surface area contributed by atoms with Gasteiger partial charge in [0.05, 0.1) is 34.2 Å². The highest BCUT2D eigenvalue weighted by molar-refractivity contribution is 7.99. The van der Waals surface area contributed by atoms with E-state index in [1.807, 2.05) is 59.2 Å². The number of aromatic nitrogens is 3. The highest BCUT2D eigenvalue weighted by Crippen LogP contribution is 2.38. The maximum Gasteiger partial charge on any atom is 0.234 e. The molecular formula is C35H32N4O6S. The molecule has 46 heavy (non-hydrogen) atoms. The van der Waals surface area contributed by atoms with Crippen molar-refractivity contribution in [2.24, 2.45) is 0 Å². The maximum absolute atomic E-state index is 12.9. The average Bonchev–Trinajstić information content (AvgIpc) is 3.53. The van der Waals surface area contributed by atoms with Gasteiger partial charge in [-0.15, -0.1) is 10.2 Å². The number of carbonyl (C=O) groups is 2. The van der Waals surface area contributed by atoms with E-state index in [9.17, 15) is 9.59 Å². The number of ketones is 1. The fraction of sp³-hybridized carbons (Fsp3) is 0.143. The molecule has 0 fully saturated rings. The van der Waals surface area contributed by atoms with E-state index in [0.29, 0.717) is 45.0 Å². The lowest BCUT2D eigenvalue weighted by molar-refractivity contribution is -0.113. The van der Waals surface area contributed by atoms with Crippen LogP contribution in [0.4, 0.5) is 5.69 Å². The molecule has 10 nitrogen and oxygen atoms in total. The van der Waals surface area contributed by atoms with Gasteiger partial charge in [0, 0.05) is 22.5 Å². The molecule has 0 unspecified atom stereocenters. The summed E-state index contributed by atoms with van der Waals surface area (Å²) in [6, 6.07) is 27.5. The third-order valence-corrected chi connectivity index (χ3v) is 7.82. The first-order valence-corrected chi connectivity index (χ1v) is 15.1. The predicted molar refractivity (Wildman–Crippen MR) is 179 cm³/mol. The van der Waals surface area contributed by atoms with Crippen LogP contribution in [-0.4, -0.2) is 60.6 Å². The summed E-state index contributed by atoms with van der Waals surface area (Å²) >= 11 is 1.28. The van der Waals surface area contributed by atoms with Crippen molar-refractivity contribution in [3.05, 3.63) is 108 Å². The quantitative estimate of drug-likeness (QED) is 0.0868. The van der Waals surface area contributed by atoms with E-state index >= 15 is 0 Å². The summed E-state index contributed by atoms with van der Waals surface area (Å²) in [5, 5.41) is 12.3. The molecule has 0 aliphatic rings. The second kappa shape index (κ2) is 15.0. The lowest BCUT2D eigenvalue weighted by atomic mass is 10.1. The van der Waals surface area contributed by atoms with Crippen molar-refractivity contribution < 1.29 is 28.5 Å². The first-order valence-electron chi connectivity index (χ1n) is 14.1. The molecule has 0 saturated carbocycles. The van der Waals surface area contributed by atoms with E-state index in [2.05, 4.69) is 15.5 Å². The largest absolute Gasteiger partial charge is 0.497 e. The Morgan fingerprint density at radius 2 is 1.48 bits per heavy atom. The van der Waals surface area contributed by atoms with E-state index in [4.69, 9.17) is 18.9 Å². The van der Waals surface area contributed by atoms with Crippen LogP contribution in [0.2, 0.25) is 0 Å². The minimum Gasteiger partial charge on any atom is -0.497 e. The number of ether oxygens (including phenoxy) is 4. The minimum atomic E-state index is -0.222. The summed E-state index contributed by atoms with van der Waals surface area (Å²) in [5.41, 5.74) is 3.49. The Labute approximate surface area is 271 Å². The molecular weight excluding hydrogens is 604 g/mol. The van der Waals surface area contributed by atoms with E-state index in [0.717, 1.165) is 17.0 Å². The molecule has 0 radical (unpaired) electrons. The highest BCUT2D eigenvalue weighted by atomic mass is 32.2. The van der Waals surface area contributed by atoms with Crippen LogP contribution in [0, 0.1) is 0 Å². The summed E-state index contributed by atoms with van der Waals surface area (Å²) in [7, 11) is 6.22. The molecule has 1 N–H and O–H groups in total. The van der Waals surface area contributed by atoms with Crippen LogP contribution in [-0.2, 0) is 4.79 Å². The van der Waals surface area contributed by atoms with Gasteiger partial charge in [-0.05, 0) is 84.4 Å². The Morgan fingerprint density at radius 1 is 0.804 bits per heavy atom. The van der Waals surface area contributed by atoms with Crippen molar-refractivity contribution in [3.63, 3.8) is 0 Å². The molecule has 1 aromatic heterocycles. The van der Waals surface area contributed by atoms with Crippen molar-refractivity contribution in [3.8, 4) is 40.1 Å². The van der Waals surface area contributed by atoms with E-state index in [1.165, 1.54) is 39.2 Å². The number of rotatable bonds is 13. The van der Waals surface area contributed by atoms with Crippen LogP contribution in [0.15, 0.2) is 102 Å². The lowest BCUT2D eigenvalue weighted by Crippen LogP contribution is -2.14. The van der Waals surface area contributed by atoms with Crippen LogP contribution in [0.3, 0.4) is 0 Å². The molecule has 0 bridgehead atoms. The fourth-order valence-corrected chi connectivity index (χ4v) is 5.36. The van der Waals surface area contributed by atoms with Crippen LogP contribution < -0.4 is 24.3 Å². The molecule has 0 saturated heterocycles. The summed E-state index contributed by atoms with van der Waals surface area (Å²) in [4.78, 5) is 25.7. The molecule has 1 heterocycles. The number of hydrogen-bond acceptors (Lipinski definition) is 9. The topological polar surface area (TPSA) is 114 Å². The molecule has 4 aromatic carbocycles. The van der Waals surface area contributed by atoms with Crippen molar-refractivity contribution >= 4 is 35.2 Å². The van der Waals surface area contributed by atoms with Crippen molar-refractivity contribution in [2.75, 3.05) is 39.5 Å². The summed E-state index contributed by atoms with van der Waals surface area (Å²) in [6.07, 6.45) is 3.14. The molecule has 0 aliphatic heterocycles. The molecule has 11 heteroatoms. The first kappa shape index (κ1) is 31.9. The number of para-hydroxylation sites is 1. The molecule has 1 amide bonds. The van der Waals surface area contributed by atoms with Gasteiger partial charge in [-0.1, -0.05) is 36.0 Å². The summed E-state index contributed by atoms with van der Waals surface area (Å²) in [6.45, 7) is 0. The summed E-state index contributed by atoms with van der Waals surface area (Å²) < 4.78 is 23.3. The smallest absolute Gasteiger partial charge is 0.234 e. The zero-order valence-electron chi connectivity index (χ0n) is 25.7. The van der Waals surface area contributed by atoms with Gasteiger partial charge in [-0.25, -0.2) is 0 Å². The van der Waals surface area contributed by atoms with Crippen molar-refractivity contribution in [2.45, 2.75) is 5.16 Å². The number of anilines is 1. The molecule has 0 atom stereocenters. The standard InChI is InChI=1S/C35H32N4O6S/c1-42-28-17-13-25(14-18-28)34-37-38-35(39(34)27-8-6-5-7-9-27)46-22-32(41)36-26-15-11-24(12-16-26)29(40)19-10-23-20-30(43-2)33(45-4)31(21-23)44-3/h5-21H,22H2,1-4H3,(H,36,41)/b19-10+. The Balaban J connectivity index is 1.23. The van der Waals surface area contributed by atoms with E-state index in [-0.39, 0.29) is 17.4 Å². The second-order valence-corrected chi connectivity index (χ2v) is 10.7. The first-order chi connectivity index (χ1) is 22.4. The highest BCUT2D eigenvalue weighted by Gasteiger charge is 2.18. The molecule has 0 aliphatic carbocycles. The number of carbonyl (C=O) groups excluding carboxylic acids is 2. The monoisotopic (exact) mass is 636 g/mol. The SMILES string of the molecule is COc1ccc(-c2nnc(SCC(=O)Nc3ccc(C(=O)/C=C/c4cc(OC)c(OC)c(OC)c4)cc3)n2-c2ccccc2)cc1. The number of nitrogens with zero attached hydrogens (tertiary/aromatic N) is 3.